The molecule has 0 atom stereocenters. The molecular weight excluding hydrogens is 251 g/mol. The number of halogens is 2. The summed E-state index contributed by atoms with van der Waals surface area (Å²) in [5.74, 6) is 1.41. The lowest BCUT2D eigenvalue weighted by Crippen LogP contribution is -2.35. The number of likely N-dealkylation sites (tertiary alicyclic amines) is 1. The van der Waals surface area contributed by atoms with Crippen molar-refractivity contribution in [2.75, 3.05) is 19.6 Å². The molecule has 0 spiro atoms. The Morgan fingerprint density at radius 1 is 1.38 bits per heavy atom. The minimum atomic E-state index is 0. The molecule has 0 aromatic carbocycles. The molecule has 0 aliphatic carbocycles. The first-order valence-electron chi connectivity index (χ1n) is 5.06. The standard InChI is InChI=1S/C9H16N4O.2ClH/c10-5-8-1-3-13(4-2-8)6-9-11-7-12-14-9;;/h7-8H,1-6,10H2;2*1H. The lowest BCUT2D eigenvalue weighted by atomic mass is 9.97. The van der Waals surface area contributed by atoms with Crippen LogP contribution in [-0.2, 0) is 6.54 Å². The zero-order valence-corrected chi connectivity index (χ0v) is 10.7. The highest BCUT2D eigenvalue weighted by Crippen LogP contribution is 2.16. The van der Waals surface area contributed by atoms with Gasteiger partial charge in [0.15, 0.2) is 6.33 Å². The molecule has 7 heteroatoms. The van der Waals surface area contributed by atoms with E-state index in [9.17, 15) is 0 Å². The molecular formula is C9H18Cl2N4O. The third kappa shape index (κ3) is 4.25. The first-order chi connectivity index (χ1) is 6.88. The molecule has 0 amide bonds. The summed E-state index contributed by atoms with van der Waals surface area (Å²) < 4.78 is 4.96. The van der Waals surface area contributed by atoms with Crippen molar-refractivity contribution >= 4 is 24.8 Å². The molecule has 1 aromatic heterocycles. The van der Waals surface area contributed by atoms with Gasteiger partial charge in [0.25, 0.3) is 0 Å². The normalized spacial score (nSPS) is 17.6. The second-order valence-electron chi connectivity index (χ2n) is 3.79. The van der Waals surface area contributed by atoms with Gasteiger partial charge in [0.05, 0.1) is 6.54 Å². The highest BCUT2D eigenvalue weighted by molar-refractivity contribution is 5.85. The quantitative estimate of drug-likeness (QED) is 0.889. The molecule has 16 heavy (non-hydrogen) atoms. The van der Waals surface area contributed by atoms with E-state index in [4.69, 9.17) is 10.3 Å². The van der Waals surface area contributed by atoms with Crippen LogP contribution in [0.3, 0.4) is 0 Å². The van der Waals surface area contributed by atoms with Gasteiger partial charge < -0.3 is 10.3 Å². The number of hydrogen-bond donors (Lipinski definition) is 1. The van der Waals surface area contributed by atoms with Crippen LogP contribution < -0.4 is 5.73 Å². The molecule has 0 radical (unpaired) electrons. The predicted molar refractivity (Wildman–Crippen MR) is 65.8 cm³/mol. The smallest absolute Gasteiger partial charge is 0.240 e. The number of rotatable bonds is 3. The van der Waals surface area contributed by atoms with E-state index in [-0.39, 0.29) is 24.8 Å². The van der Waals surface area contributed by atoms with Crippen LogP contribution in [0.4, 0.5) is 0 Å². The van der Waals surface area contributed by atoms with Gasteiger partial charge in [-0.2, -0.15) is 4.98 Å². The molecule has 1 aliphatic rings. The van der Waals surface area contributed by atoms with E-state index in [1.165, 1.54) is 19.2 Å². The largest absolute Gasteiger partial charge is 0.338 e. The van der Waals surface area contributed by atoms with E-state index in [2.05, 4.69) is 15.0 Å². The third-order valence-corrected chi connectivity index (χ3v) is 2.81. The van der Waals surface area contributed by atoms with E-state index in [0.29, 0.717) is 11.8 Å². The van der Waals surface area contributed by atoms with Gasteiger partial charge in [-0.15, -0.1) is 24.8 Å². The van der Waals surface area contributed by atoms with Crippen molar-refractivity contribution in [3.8, 4) is 0 Å². The maximum absolute atomic E-state index is 5.63. The van der Waals surface area contributed by atoms with Crippen LogP contribution >= 0.6 is 24.8 Å². The van der Waals surface area contributed by atoms with E-state index >= 15 is 0 Å². The summed E-state index contributed by atoms with van der Waals surface area (Å²) in [6.45, 7) is 3.76. The first kappa shape index (κ1) is 15.6. The van der Waals surface area contributed by atoms with E-state index in [1.807, 2.05) is 0 Å². The molecule has 2 heterocycles. The maximum Gasteiger partial charge on any atom is 0.240 e. The van der Waals surface area contributed by atoms with Crippen LogP contribution in [0.5, 0.6) is 0 Å². The zero-order valence-electron chi connectivity index (χ0n) is 9.04. The van der Waals surface area contributed by atoms with Gasteiger partial charge >= 0.3 is 0 Å². The maximum atomic E-state index is 5.63. The highest BCUT2D eigenvalue weighted by Gasteiger charge is 2.19. The van der Waals surface area contributed by atoms with Gasteiger partial charge in [0, 0.05) is 0 Å². The number of hydrogen-bond acceptors (Lipinski definition) is 5. The Labute approximate surface area is 108 Å². The monoisotopic (exact) mass is 268 g/mol. The number of nitrogens with zero attached hydrogens (tertiary/aromatic N) is 3. The molecule has 1 fully saturated rings. The van der Waals surface area contributed by atoms with Gasteiger partial charge in [0.1, 0.15) is 0 Å². The van der Waals surface area contributed by atoms with Crippen LogP contribution in [0.25, 0.3) is 0 Å². The highest BCUT2D eigenvalue weighted by atomic mass is 35.5. The minimum absolute atomic E-state index is 0. The molecule has 0 unspecified atom stereocenters. The van der Waals surface area contributed by atoms with Crippen LogP contribution in [0.2, 0.25) is 0 Å². The summed E-state index contributed by atoms with van der Waals surface area (Å²) in [6, 6.07) is 0. The van der Waals surface area contributed by atoms with E-state index < -0.39 is 0 Å². The number of piperidine rings is 1. The molecule has 1 aliphatic heterocycles. The van der Waals surface area contributed by atoms with Crippen molar-refractivity contribution in [2.24, 2.45) is 11.7 Å². The Kier molecular flexibility index (Phi) is 7.66. The van der Waals surface area contributed by atoms with Crippen LogP contribution in [0.1, 0.15) is 18.7 Å². The summed E-state index contributed by atoms with van der Waals surface area (Å²) in [6.07, 6.45) is 3.82. The fraction of sp³-hybridized carbons (Fsp3) is 0.778. The van der Waals surface area contributed by atoms with Gasteiger partial charge in [-0.05, 0) is 38.4 Å². The zero-order chi connectivity index (χ0) is 9.80. The number of aromatic nitrogens is 2. The number of nitrogens with two attached hydrogens (primary N) is 1. The van der Waals surface area contributed by atoms with Crippen LogP contribution in [-0.4, -0.2) is 34.7 Å². The Bertz CT molecular complexity index is 262. The Morgan fingerprint density at radius 3 is 2.56 bits per heavy atom. The van der Waals surface area contributed by atoms with Gasteiger partial charge in [-0.1, -0.05) is 5.16 Å². The summed E-state index contributed by atoms with van der Waals surface area (Å²) >= 11 is 0. The molecule has 2 rings (SSSR count). The molecule has 5 nitrogen and oxygen atoms in total. The van der Waals surface area contributed by atoms with Gasteiger partial charge in [-0.25, -0.2) is 0 Å². The summed E-state index contributed by atoms with van der Waals surface area (Å²) in [4.78, 5) is 6.34. The van der Waals surface area contributed by atoms with Gasteiger partial charge in [-0.3, -0.25) is 4.90 Å². The van der Waals surface area contributed by atoms with E-state index in [0.717, 1.165) is 26.2 Å². The Hall–Kier alpha value is -0.360. The average Bonchev–Trinajstić information content (AvgIpc) is 2.72. The molecule has 1 aromatic rings. The average molecular weight is 269 g/mol. The SMILES string of the molecule is Cl.Cl.NCC1CCN(Cc2ncno2)CC1. The molecule has 2 N–H and O–H groups in total. The van der Waals surface area contributed by atoms with Crippen molar-refractivity contribution in [1.29, 1.82) is 0 Å². The summed E-state index contributed by atoms with van der Waals surface area (Å²) in [5.41, 5.74) is 5.63. The predicted octanol–water partition coefficient (Wildman–Crippen LogP) is 1.08. The molecule has 0 saturated carbocycles. The summed E-state index contributed by atoms with van der Waals surface area (Å²) in [7, 11) is 0. The fourth-order valence-corrected chi connectivity index (χ4v) is 1.84. The van der Waals surface area contributed by atoms with Crippen molar-refractivity contribution in [3.05, 3.63) is 12.2 Å². The Morgan fingerprint density at radius 2 is 2.06 bits per heavy atom. The van der Waals surface area contributed by atoms with Crippen molar-refractivity contribution in [3.63, 3.8) is 0 Å². The lowest BCUT2D eigenvalue weighted by molar-refractivity contribution is 0.161. The van der Waals surface area contributed by atoms with Crippen LogP contribution in [0.15, 0.2) is 10.9 Å². The first-order valence-corrected chi connectivity index (χ1v) is 5.06. The topological polar surface area (TPSA) is 68.2 Å². The van der Waals surface area contributed by atoms with E-state index in [1.54, 1.807) is 0 Å². The second-order valence-corrected chi connectivity index (χ2v) is 3.79. The fourth-order valence-electron chi connectivity index (χ4n) is 1.84. The molecule has 0 bridgehead atoms. The summed E-state index contributed by atoms with van der Waals surface area (Å²) in [5, 5.41) is 3.59. The van der Waals surface area contributed by atoms with Crippen molar-refractivity contribution in [2.45, 2.75) is 19.4 Å². The lowest BCUT2D eigenvalue weighted by Gasteiger charge is -2.30. The Balaban J connectivity index is 0.00000112. The van der Waals surface area contributed by atoms with Crippen molar-refractivity contribution < 1.29 is 4.52 Å². The molecule has 94 valence electrons. The van der Waals surface area contributed by atoms with Crippen molar-refractivity contribution in [1.82, 2.24) is 15.0 Å². The third-order valence-electron chi connectivity index (χ3n) is 2.81. The minimum Gasteiger partial charge on any atom is -0.338 e. The van der Waals surface area contributed by atoms with Crippen LogP contribution in [0, 0.1) is 5.92 Å². The second kappa shape index (κ2) is 7.84. The molecule has 1 saturated heterocycles. The van der Waals surface area contributed by atoms with Gasteiger partial charge in [0.2, 0.25) is 5.89 Å².